The molecule has 4 heteroatoms. The Morgan fingerprint density at radius 3 is 2.88 bits per heavy atom. The van der Waals surface area contributed by atoms with Crippen LogP contribution < -0.4 is 0 Å². The number of nitrogens with zero attached hydrogens (tertiary/aromatic N) is 1. The van der Waals surface area contributed by atoms with Crippen LogP contribution in [0.15, 0.2) is 24.3 Å². The van der Waals surface area contributed by atoms with Crippen LogP contribution in [0.5, 0.6) is 5.75 Å². The number of carbonyl (C=O) groups is 1. The third kappa shape index (κ3) is 2.21. The number of hydrogen-bond acceptors (Lipinski definition) is 2. The van der Waals surface area contributed by atoms with Crippen LogP contribution in [0.1, 0.15) is 16.8 Å². The van der Waals surface area contributed by atoms with E-state index in [9.17, 15) is 9.90 Å². The van der Waals surface area contributed by atoms with Gasteiger partial charge < -0.3 is 10.0 Å². The van der Waals surface area contributed by atoms with E-state index in [-0.39, 0.29) is 11.7 Å². The number of benzene rings is 1. The number of aromatic hydroxyl groups is 1. The summed E-state index contributed by atoms with van der Waals surface area (Å²) in [4.78, 5) is 13.9. The van der Waals surface area contributed by atoms with Crippen LogP contribution in [0.4, 0.5) is 0 Å². The SMILES string of the molecule is O=C(c1ccccc1O)N1CCC(CBr)C1. The second-order valence-corrected chi connectivity index (χ2v) is 4.72. The highest BCUT2D eigenvalue weighted by Gasteiger charge is 2.27. The molecule has 16 heavy (non-hydrogen) atoms. The molecule has 0 bridgehead atoms. The highest BCUT2D eigenvalue weighted by atomic mass is 79.9. The smallest absolute Gasteiger partial charge is 0.257 e. The van der Waals surface area contributed by atoms with Crippen LogP contribution in [0.3, 0.4) is 0 Å². The maximum absolute atomic E-state index is 12.1. The Morgan fingerprint density at radius 2 is 2.25 bits per heavy atom. The van der Waals surface area contributed by atoms with E-state index in [0.29, 0.717) is 11.5 Å². The minimum Gasteiger partial charge on any atom is -0.507 e. The van der Waals surface area contributed by atoms with Gasteiger partial charge in [0.15, 0.2) is 0 Å². The van der Waals surface area contributed by atoms with Gasteiger partial charge in [-0.1, -0.05) is 28.1 Å². The number of phenols is 1. The van der Waals surface area contributed by atoms with Crippen LogP contribution in [-0.2, 0) is 0 Å². The number of para-hydroxylation sites is 1. The van der Waals surface area contributed by atoms with Gasteiger partial charge in [-0.3, -0.25) is 4.79 Å². The molecule has 2 rings (SSSR count). The average molecular weight is 284 g/mol. The summed E-state index contributed by atoms with van der Waals surface area (Å²) >= 11 is 3.44. The molecule has 1 aliphatic rings. The average Bonchev–Trinajstić information content (AvgIpc) is 2.77. The number of amides is 1. The van der Waals surface area contributed by atoms with Crippen molar-refractivity contribution in [3.05, 3.63) is 29.8 Å². The monoisotopic (exact) mass is 283 g/mol. The molecular formula is C12H14BrNO2. The predicted octanol–water partition coefficient (Wildman–Crippen LogP) is 2.25. The van der Waals surface area contributed by atoms with Crippen LogP contribution in [0.2, 0.25) is 0 Å². The van der Waals surface area contributed by atoms with Gasteiger partial charge in [0, 0.05) is 18.4 Å². The Bertz CT molecular complexity index is 394. The van der Waals surface area contributed by atoms with E-state index in [1.807, 2.05) is 0 Å². The van der Waals surface area contributed by atoms with Gasteiger partial charge >= 0.3 is 0 Å². The van der Waals surface area contributed by atoms with Crippen LogP contribution in [-0.4, -0.2) is 34.3 Å². The summed E-state index contributed by atoms with van der Waals surface area (Å²) in [6.45, 7) is 1.56. The molecule has 3 nitrogen and oxygen atoms in total. The van der Waals surface area contributed by atoms with E-state index in [1.54, 1.807) is 29.2 Å². The summed E-state index contributed by atoms with van der Waals surface area (Å²) in [6, 6.07) is 6.70. The third-order valence-electron chi connectivity index (χ3n) is 2.93. The first-order chi connectivity index (χ1) is 7.72. The van der Waals surface area contributed by atoms with Gasteiger partial charge in [0.2, 0.25) is 0 Å². The van der Waals surface area contributed by atoms with Crippen LogP contribution >= 0.6 is 15.9 Å². The van der Waals surface area contributed by atoms with E-state index in [4.69, 9.17) is 0 Å². The van der Waals surface area contributed by atoms with Gasteiger partial charge in [-0.25, -0.2) is 0 Å². The lowest BCUT2D eigenvalue weighted by molar-refractivity contribution is 0.0785. The normalized spacial score (nSPS) is 20.1. The molecule has 1 saturated heterocycles. The molecule has 0 aliphatic carbocycles. The van der Waals surface area contributed by atoms with Crippen molar-refractivity contribution >= 4 is 21.8 Å². The van der Waals surface area contributed by atoms with Gasteiger partial charge in [-0.05, 0) is 24.5 Å². The Hall–Kier alpha value is -1.03. The summed E-state index contributed by atoms with van der Waals surface area (Å²) in [7, 11) is 0. The zero-order valence-corrected chi connectivity index (χ0v) is 10.5. The molecule has 1 aromatic carbocycles. The van der Waals surface area contributed by atoms with Crippen molar-refractivity contribution in [1.82, 2.24) is 4.90 Å². The fourth-order valence-electron chi connectivity index (χ4n) is 1.97. The summed E-state index contributed by atoms with van der Waals surface area (Å²) in [6.07, 6.45) is 1.03. The third-order valence-corrected chi connectivity index (χ3v) is 3.84. The van der Waals surface area contributed by atoms with Gasteiger partial charge in [0.05, 0.1) is 5.56 Å². The van der Waals surface area contributed by atoms with Gasteiger partial charge in [0.25, 0.3) is 5.91 Å². The van der Waals surface area contributed by atoms with E-state index >= 15 is 0 Å². The number of alkyl halides is 1. The highest BCUT2D eigenvalue weighted by molar-refractivity contribution is 9.09. The summed E-state index contributed by atoms with van der Waals surface area (Å²) in [5.41, 5.74) is 0.401. The van der Waals surface area contributed by atoms with E-state index in [0.717, 1.165) is 24.8 Å². The molecule has 1 fully saturated rings. The van der Waals surface area contributed by atoms with Crippen molar-refractivity contribution in [2.45, 2.75) is 6.42 Å². The number of likely N-dealkylation sites (tertiary alicyclic amines) is 1. The van der Waals surface area contributed by atoms with E-state index < -0.39 is 0 Å². The molecule has 1 heterocycles. The Labute approximate surface area is 103 Å². The minimum atomic E-state index is -0.0680. The molecule has 0 aromatic heterocycles. The molecule has 86 valence electrons. The first-order valence-electron chi connectivity index (χ1n) is 5.35. The van der Waals surface area contributed by atoms with Gasteiger partial charge in [-0.2, -0.15) is 0 Å². The maximum Gasteiger partial charge on any atom is 0.257 e. The lowest BCUT2D eigenvalue weighted by Crippen LogP contribution is -2.28. The molecule has 0 spiro atoms. The van der Waals surface area contributed by atoms with Crippen molar-refractivity contribution in [3.8, 4) is 5.75 Å². The second-order valence-electron chi connectivity index (χ2n) is 4.08. The fraction of sp³-hybridized carbons (Fsp3) is 0.417. The highest BCUT2D eigenvalue weighted by Crippen LogP contribution is 2.23. The Kier molecular flexibility index (Phi) is 3.49. The topological polar surface area (TPSA) is 40.5 Å². The zero-order chi connectivity index (χ0) is 11.5. The molecule has 1 aromatic rings. The van der Waals surface area contributed by atoms with E-state index in [1.165, 1.54) is 0 Å². The van der Waals surface area contributed by atoms with Crippen molar-refractivity contribution in [1.29, 1.82) is 0 Å². The quantitative estimate of drug-likeness (QED) is 0.846. The van der Waals surface area contributed by atoms with Crippen molar-refractivity contribution < 1.29 is 9.90 Å². The van der Waals surface area contributed by atoms with E-state index in [2.05, 4.69) is 15.9 Å². The summed E-state index contributed by atoms with van der Waals surface area (Å²) < 4.78 is 0. The fourth-order valence-corrected chi connectivity index (χ4v) is 2.50. The molecule has 0 radical (unpaired) electrons. The summed E-state index contributed by atoms with van der Waals surface area (Å²) in [5.74, 6) is 0.533. The van der Waals surface area contributed by atoms with Crippen molar-refractivity contribution in [3.63, 3.8) is 0 Å². The molecule has 1 aliphatic heterocycles. The van der Waals surface area contributed by atoms with Gasteiger partial charge in [-0.15, -0.1) is 0 Å². The van der Waals surface area contributed by atoms with Crippen LogP contribution in [0, 0.1) is 5.92 Å². The maximum atomic E-state index is 12.1. The van der Waals surface area contributed by atoms with Gasteiger partial charge in [0.1, 0.15) is 5.75 Å². The lowest BCUT2D eigenvalue weighted by Gasteiger charge is -2.16. The first-order valence-corrected chi connectivity index (χ1v) is 6.47. The second kappa shape index (κ2) is 4.87. The number of halogens is 1. The summed E-state index contributed by atoms with van der Waals surface area (Å²) in [5, 5.41) is 10.5. The Balaban J connectivity index is 2.12. The van der Waals surface area contributed by atoms with Crippen molar-refractivity contribution in [2.75, 3.05) is 18.4 Å². The van der Waals surface area contributed by atoms with Crippen LogP contribution in [0.25, 0.3) is 0 Å². The Morgan fingerprint density at radius 1 is 1.50 bits per heavy atom. The predicted molar refractivity (Wildman–Crippen MR) is 65.9 cm³/mol. The molecule has 0 saturated carbocycles. The van der Waals surface area contributed by atoms with Crippen molar-refractivity contribution in [2.24, 2.45) is 5.92 Å². The molecule has 1 atom stereocenters. The number of hydrogen-bond donors (Lipinski definition) is 1. The first kappa shape index (κ1) is 11.5. The number of carbonyl (C=O) groups excluding carboxylic acids is 1. The zero-order valence-electron chi connectivity index (χ0n) is 8.90. The number of rotatable bonds is 2. The molecule has 1 N–H and O–H groups in total. The standard InChI is InChI=1S/C12H14BrNO2/c13-7-9-5-6-14(8-9)12(16)10-3-1-2-4-11(10)15/h1-4,9,15H,5-8H2. The molecule has 1 unspecified atom stereocenters. The number of phenolic OH excluding ortho intramolecular Hbond substituents is 1. The lowest BCUT2D eigenvalue weighted by atomic mass is 10.1. The molecular weight excluding hydrogens is 270 g/mol. The minimum absolute atomic E-state index is 0.0646. The largest absolute Gasteiger partial charge is 0.507 e. The molecule has 1 amide bonds.